The molecule has 0 fully saturated rings. The number of benzene rings is 1. The molecular weight excluding hydrogens is 274 g/mol. The van der Waals surface area contributed by atoms with E-state index in [1.165, 1.54) is 11.1 Å². The van der Waals surface area contributed by atoms with Gasteiger partial charge in [0.1, 0.15) is 5.15 Å². The molecule has 102 valence electrons. The maximum Gasteiger partial charge on any atom is 0.258 e. The van der Waals surface area contributed by atoms with Crippen LogP contribution in [0.4, 0.5) is 5.95 Å². The third kappa shape index (κ3) is 2.65. The van der Waals surface area contributed by atoms with Crippen LogP contribution >= 0.6 is 11.6 Å². The molecule has 0 aliphatic heterocycles. The van der Waals surface area contributed by atoms with Crippen LogP contribution < -0.4 is 5.32 Å². The molecule has 1 amide bonds. The van der Waals surface area contributed by atoms with Crippen molar-refractivity contribution in [3.05, 3.63) is 51.8 Å². The number of halogens is 1. The molecule has 0 spiro atoms. The summed E-state index contributed by atoms with van der Waals surface area (Å²) in [6.45, 7) is 1.80. The van der Waals surface area contributed by atoms with Crippen LogP contribution in [0.1, 0.15) is 33.6 Å². The van der Waals surface area contributed by atoms with Crippen molar-refractivity contribution < 1.29 is 4.79 Å². The number of amides is 1. The molecule has 0 bridgehead atoms. The van der Waals surface area contributed by atoms with Gasteiger partial charge >= 0.3 is 0 Å². The number of aromatic nitrogens is 2. The van der Waals surface area contributed by atoms with E-state index in [2.05, 4.69) is 15.3 Å². The van der Waals surface area contributed by atoms with Gasteiger partial charge in [-0.2, -0.15) is 0 Å². The first kappa shape index (κ1) is 13.1. The fourth-order valence-corrected chi connectivity index (χ4v) is 2.71. The van der Waals surface area contributed by atoms with Crippen molar-refractivity contribution in [1.82, 2.24) is 9.97 Å². The van der Waals surface area contributed by atoms with E-state index >= 15 is 0 Å². The maximum absolute atomic E-state index is 12.2. The molecule has 4 nitrogen and oxygen atoms in total. The molecule has 1 N–H and O–H groups in total. The summed E-state index contributed by atoms with van der Waals surface area (Å²) in [5, 5.41) is 3.01. The minimum atomic E-state index is -0.207. The zero-order chi connectivity index (χ0) is 14.1. The summed E-state index contributed by atoms with van der Waals surface area (Å²) >= 11 is 5.85. The fraction of sp³-hybridized carbons (Fsp3) is 0.267. The molecule has 1 aromatic heterocycles. The van der Waals surface area contributed by atoms with E-state index in [-0.39, 0.29) is 11.9 Å². The summed E-state index contributed by atoms with van der Waals surface area (Å²) in [7, 11) is 0. The van der Waals surface area contributed by atoms with Crippen LogP contribution in [0.15, 0.2) is 24.3 Å². The Morgan fingerprint density at radius 2 is 2.00 bits per heavy atom. The van der Waals surface area contributed by atoms with Crippen molar-refractivity contribution in [2.45, 2.75) is 26.2 Å². The van der Waals surface area contributed by atoms with Crippen LogP contribution in [0.25, 0.3) is 0 Å². The number of fused-ring (bicyclic) bond motifs is 1. The van der Waals surface area contributed by atoms with Gasteiger partial charge in [-0.15, -0.1) is 0 Å². The Morgan fingerprint density at radius 1 is 1.20 bits per heavy atom. The molecular formula is C15H14ClN3O. The van der Waals surface area contributed by atoms with Crippen LogP contribution in [-0.4, -0.2) is 15.9 Å². The Morgan fingerprint density at radius 3 is 2.80 bits per heavy atom. The van der Waals surface area contributed by atoms with Crippen molar-refractivity contribution in [3.63, 3.8) is 0 Å². The predicted molar refractivity (Wildman–Crippen MR) is 78.2 cm³/mol. The molecule has 3 rings (SSSR count). The summed E-state index contributed by atoms with van der Waals surface area (Å²) in [4.78, 5) is 20.3. The Bertz CT molecular complexity index is 665. The minimum Gasteiger partial charge on any atom is -0.290 e. The first-order chi connectivity index (χ1) is 9.61. The van der Waals surface area contributed by atoms with E-state index in [0.717, 1.165) is 19.3 Å². The Kier molecular flexibility index (Phi) is 3.40. The summed E-state index contributed by atoms with van der Waals surface area (Å²) in [5.74, 6) is 0.0295. The molecule has 2 aromatic rings. The van der Waals surface area contributed by atoms with Crippen LogP contribution in [-0.2, 0) is 12.8 Å². The summed E-state index contributed by atoms with van der Waals surface area (Å²) < 4.78 is 0. The molecule has 0 radical (unpaired) electrons. The van der Waals surface area contributed by atoms with E-state index in [9.17, 15) is 4.79 Å². The van der Waals surface area contributed by atoms with Crippen LogP contribution in [0.2, 0.25) is 5.15 Å². The molecule has 0 atom stereocenters. The highest BCUT2D eigenvalue weighted by Gasteiger charge is 2.14. The average molecular weight is 288 g/mol. The maximum atomic E-state index is 12.2. The number of nitrogens with one attached hydrogen (secondary N) is 1. The summed E-state index contributed by atoms with van der Waals surface area (Å²) in [5.41, 5.74) is 3.96. The van der Waals surface area contributed by atoms with E-state index in [1.807, 2.05) is 18.2 Å². The van der Waals surface area contributed by atoms with E-state index in [1.54, 1.807) is 13.0 Å². The zero-order valence-electron chi connectivity index (χ0n) is 11.1. The number of hydrogen-bond donors (Lipinski definition) is 1. The first-order valence-corrected chi connectivity index (χ1v) is 6.94. The Labute approximate surface area is 122 Å². The second-order valence-corrected chi connectivity index (χ2v) is 5.33. The monoisotopic (exact) mass is 287 g/mol. The first-order valence-electron chi connectivity index (χ1n) is 6.56. The van der Waals surface area contributed by atoms with E-state index in [0.29, 0.717) is 16.4 Å². The third-order valence-corrected chi connectivity index (χ3v) is 3.60. The minimum absolute atomic E-state index is 0.207. The highest BCUT2D eigenvalue weighted by Crippen LogP contribution is 2.23. The SMILES string of the molecule is Cc1cc(Cl)nc(NC(=O)c2ccc3c(c2)CCC3)n1. The molecule has 0 saturated carbocycles. The number of aryl methyl sites for hydroxylation is 3. The third-order valence-electron chi connectivity index (χ3n) is 3.41. The number of nitrogens with zero attached hydrogens (tertiary/aromatic N) is 2. The molecule has 1 aliphatic carbocycles. The largest absolute Gasteiger partial charge is 0.290 e. The van der Waals surface area contributed by atoms with E-state index in [4.69, 9.17) is 11.6 Å². The van der Waals surface area contributed by atoms with Crippen molar-refractivity contribution in [2.24, 2.45) is 0 Å². The van der Waals surface area contributed by atoms with Crippen LogP contribution in [0, 0.1) is 6.92 Å². The van der Waals surface area contributed by atoms with Gasteiger partial charge < -0.3 is 0 Å². The molecule has 20 heavy (non-hydrogen) atoms. The average Bonchev–Trinajstić information content (AvgIpc) is 2.84. The molecule has 1 aliphatic rings. The lowest BCUT2D eigenvalue weighted by Gasteiger charge is -2.06. The van der Waals surface area contributed by atoms with Gasteiger partial charge in [-0.1, -0.05) is 17.7 Å². The van der Waals surface area contributed by atoms with Gasteiger partial charge in [0.05, 0.1) is 0 Å². The number of hydrogen-bond acceptors (Lipinski definition) is 3. The number of rotatable bonds is 2. The molecule has 1 aromatic carbocycles. The highest BCUT2D eigenvalue weighted by atomic mass is 35.5. The van der Waals surface area contributed by atoms with Gasteiger partial charge in [0.15, 0.2) is 0 Å². The van der Waals surface area contributed by atoms with Gasteiger partial charge in [0, 0.05) is 11.3 Å². The van der Waals surface area contributed by atoms with Gasteiger partial charge in [-0.25, -0.2) is 9.97 Å². The number of anilines is 1. The Hall–Kier alpha value is -1.94. The van der Waals surface area contributed by atoms with Crippen LogP contribution in [0.3, 0.4) is 0 Å². The standard InChI is InChI=1S/C15H14ClN3O/c1-9-7-13(16)18-15(17-9)19-14(20)12-6-5-10-3-2-4-11(10)8-12/h5-8H,2-4H2,1H3,(H,17,18,19,20). The smallest absolute Gasteiger partial charge is 0.258 e. The van der Waals surface area contributed by atoms with Crippen LogP contribution in [0.5, 0.6) is 0 Å². The predicted octanol–water partition coefficient (Wildman–Crippen LogP) is 3.18. The van der Waals surface area contributed by atoms with Crippen molar-refractivity contribution in [3.8, 4) is 0 Å². The fourth-order valence-electron chi connectivity index (χ4n) is 2.47. The quantitative estimate of drug-likeness (QED) is 0.863. The topological polar surface area (TPSA) is 54.9 Å². The molecule has 5 heteroatoms. The van der Waals surface area contributed by atoms with Gasteiger partial charge in [-0.3, -0.25) is 10.1 Å². The molecule has 1 heterocycles. The van der Waals surface area contributed by atoms with Crippen molar-refractivity contribution in [2.75, 3.05) is 5.32 Å². The highest BCUT2D eigenvalue weighted by molar-refractivity contribution is 6.29. The Balaban J connectivity index is 1.82. The second-order valence-electron chi connectivity index (χ2n) is 4.95. The second kappa shape index (κ2) is 5.21. The van der Waals surface area contributed by atoms with Gasteiger partial charge in [0.25, 0.3) is 5.91 Å². The van der Waals surface area contributed by atoms with E-state index < -0.39 is 0 Å². The van der Waals surface area contributed by atoms with Gasteiger partial charge in [0.2, 0.25) is 5.95 Å². The van der Waals surface area contributed by atoms with Crippen molar-refractivity contribution in [1.29, 1.82) is 0 Å². The molecule has 0 unspecified atom stereocenters. The molecule has 0 saturated heterocycles. The lowest BCUT2D eigenvalue weighted by atomic mass is 10.1. The normalized spacial score (nSPS) is 13.1. The summed E-state index contributed by atoms with van der Waals surface area (Å²) in [6.07, 6.45) is 3.31. The number of carbonyl (C=O) groups is 1. The van der Waals surface area contributed by atoms with Crippen molar-refractivity contribution >= 4 is 23.5 Å². The lowest BCUT2D eigenvalue weighted by Crippen LogP contribution is -2.15. The lowest BCUT2D eigenvalue weighted by molar-refractivity contribution is 0.102. The summed E-state index contributed by atoms with van der Waals surface area (Å²) in [6, 6.07) is 7.47. The van der Waals surface area contributed by atoms with Gasteiger partial charge in [-0.05, 0) is 55.5 Å². The number of carbonyl (C=O) groups excluding carboxylic acids is 1. The zero-order valence-corrected chi connectivity index (χ0v) is 11.9.